The number of unbranched alkanes of at least 4 members (excludes halogenated alkanes) is 2. The molecular formula is C15H29B2N5. The van der Waals surface area contributed by atoms with Gasteiger partial charge in [-0.25, -0.2) is 4.68 Å². The van der Waals surface area contributed by atoms with Crippen molar-refractivity contribution in [2.45, 2.75) is 65.4 Å². The Kier molecular flexibility index (Phi) is 4.06. The van der Waals surface area contributed by atoms with Gasteiger partial charge in [-0.1, -0.05) is 33.4 Å². The molecule has 120 valence electrons. The average molecular weight is 301 g/mol. The standard InChI is InChI=1S/C15H29B2N5/c1-7-8-9-12-20-16(4)19(6)14-15(2,3)22-13(10-11-18-22)21(14)17(20)5/h10-11,14H,7-9,12H2,1-6H3. The second-order valence-corrected chi connectivity index (χ2v) is 7.41. The van der Waals surface area contributed by atoms with Crippen LogP contribution >= 0.6 is 0 Å². The molecule has 0 N–H and O–H groups in total. The van der Waals surface area contributed by atoms with Crippen molar-refractivity contribution in [3.05, 3.63) is 12.3 Å². The summed E-state index contributed by atoms with van der Waals surface area (Å²) >= 11 is 0. The van der Waals surface area contributed by atoms with Crippen molar-refractivity contribution in [1.82, 2.24) is 19.3 Å². The van der Waals surface area contributed by atoms with Crippen LogP contribution in [-0.4, -0.2) is 53.0 Å². The lowest BCUT2D eigenvalue weighted by Gasteiger charge is -2.53. The average Bonchev–Trinajstić information content (AvgIpc) is 3.02. The van der Waals surface area contributed by atoms with E-state index in [1.54, 1.807) is 0 Å². The molecule has 0 spiro atoms. The molecule has 22 heavy (non-hydrogen) atoms. The van der Waals surface area contributed by atoms with Crippen LogP contribution in [0, 0.1) is 0 Å². The molecule has 3 rings (SSSR count). The van der Waals surface area contributed by atoms with E-state index in [0.717, 1.165) is 6.54 Å². The summed E-state index contributed by atoms with van der Waals surface area (Å²) in [5.41, 5.74) is -0.00832. The molecule has 2 aliphatic heterocycles. The van der Waals surface area contributed by atoms with Gasteiger partial charge in [0.1, 0.15) is 5.82 Å². The fourth-order valence-corrected chi connectivity index (χ4v) is 4.43. The molecule has 3 heterocycles. The molecule has 7 heteroatoms. The quantitative estimate of drug-likeness (QED) is 0.630. The van der Waals surface area contributed by atoms with Crippen LogP contribution in [-0.2, 0) is 5.54 Å². The maximum absolute atomic E-state index is 4.60. The molecule has 1 fully saturated rings. The Bertz CT molecular complexity index is 532. The van der Waals surface area contributed by atoms with Gasteiger partial charge in [-0.05, 0) is 39.9 Å². The van der Waals surface area contributed by atoms with E-state index in [4.69, 9.17) is 0 Å². The molecule has 0 saturated carbocycles. The van der Waals surface area contributed by atoms with Gasteiger partial charge in [-0.2, -0.15) is 5.10 Å². The van der Waals surface area contributed by atoms with Gasteiger partial charge in [0.25, 0.3) is 6.98 Å². The van der Waals surface area contributed by atoms with Gasteiger partial charge in [-0.15, -0.1) is 0 Å². The Labute approximate surface area is 135 Å². The number of anilines is 1. The molecule has 0 amide bonds. The molecule has 0 aliphatic carbocycles. The van der Waals surface area contributed by atoms with Crippen molar-refractivity contribution in [2.75, 3.05) is 18.4 Å². The van der Waals surface area contributed by atoms with Crippen LogP contribution in [0.3, 0.4) is 0 Å². The lowest BCUT2D eigenvalue weighted by molar-refractivity contribution is 0.190. The number of aromatic nitrogens is 2. The second-order valence-electron chi connectivity index (χ2n) is 7.41. The highest BCUT2D eigenvalue weighted by atomic mass is 15.6. The number of nitrogens with zero attached hydrogens (tertiary/aromatic N) is 5. The summed E-state index contributed by atoms with van der Waals surface area (Å²) in [6, 6.07) is 2.16. The van der Waals surface area contributed by atoms with Crippen molar-refractivity contribution in [3.63, 3.8) is 0 Å². The van der Waals surface area contributed by atoms with Crippen molar-refractivity contribution in [3.8, 4) is 0 Å². The largest absolute Gasteiger partial charge is 0.370 e. The number of rotatable bonds is 4. The zero-order valence-corrected chi connectivity index (χ0v) is 15.0. The molecule has 1 unspecified atom stereocenters. The van der Waals surface area contributed by atoms with Crippen LogP contribution in [0.2, 0.25) is 13.6 Å². The number of fused-ring (bicyclic) bond motifs is 3. The Morgan fingerprint density at radius 2 is 1.95 bits per heavy atom. The molecule has 0 radical (unpaired) electrons. The molecule has 1 saturated heterocycles. The van der Waals surface area contributed by atoms with Gasteiger partial charge in [0.2, 0.25) is 0 Å². The van der Waals surface area contributed by atoms with E-state index in [1.165, 1.54) is 25.1 Å². The molecule has 5 nitrogen and oxygen atoms in total. The first-order valence-electron chi connectivity index (χ1n) is 8.71. The summed E-state index contributed by atoms with van der Waals surface area (Å²) < 4.78 is 4.83. The SMILES string of the molecule is CCCCCN1B(C)N(C)C2N(B1C)c1ccnn1C2(C)C. The molecule has 0 bridgehead atoms. The van der Waals surface area contributed by atoms with E-state index in [-0.39, 0.29) is 5.54 Å². The van der Waals surface area contributed by atoms with Crippen LogP contribution in [0.4, 0.5) is 5.82 Å². The highest BCUT2D eigenvalue weighted by Gasteiger charge is 2.56. The van der Waals surface area contributed by atoms with Gasteiger partial charge in [0.05, 0.1) is 17.9 Å². The first kappa shape index (κ1) is 15.9. The van der Waals surface area contributed by atoms with Gasteiger partial charge < -0.3 is 14.3 Å². The van der Waals surface area contributed by atoms with Crippen molar-refractivity contribution >= 4 is 19.8 Å². The van der Waals surface area contributed by atoms with Gasteiger partial charge in [-0.3, -0.25) is 0 Å². The van der Waals surface area contributed by atoms with Crippen LogP contribution in [0.5, 0.6) is 0 Å². The van der Waals surface area contributed by atoms with Crippen LogP contribution in [0.25, 0.3) is 0 Å². The highest BCUT2D eigenvalue weighted by Crippen LogP contribution is 2.43. The minimum Gasteiger partial charge on any atom is -0.370 e. The van der Waals surface area contributed by atoms with Gasteiger partial charge >= 0.3 is 6.98 Å². The smallest absolute Gasteiger partial charge is 0.331 e. The van der Waals surface area contributed by atoms with E-state index in [2.05, 4.69) is 71.7 Å². The Morgan fingerprint density at radius 3 is 2.64 bits per heavy atom. The van der Waals surface area contributed by atoms with E-state index in [0.29, 0.717) is 20.1 Å². The lowest BCUT2D eigenvalue weighted by Crippen LogP contribution is -2.75. The molecule has 2 aliphatic rings. The minimum atomic E-state index is -0.00832. The maximum atomic E-state index is 4.60. The highest BCUT2D eigenvalue weighted by molar-refractivity contribution is 6.73. The summed E-state index contributed by atoms with van der Waals surface area (Å²) in [5.74, 6) is 1.25. The Balaban J connectivity index is 1.92. The molecule has 1 aromatic rings. The Morgan fingerprint density at radius 1 is 1.23 bits per heavy atom. The molecule has 1 atom stereocenters. The second kappa shape index (κ2) is 5.60. The van der Waals surface area contributed by atoms with E-state index in [9.17, 15) is 0 Å². The topological polar surface area (TPSA) is 27.5 Å². The van der Waals surface area contributed by atoms with E-state index < -0.39 is 0 Å². The van der Waals surface area contributed by atoms with Gasteiger partial charge in [0, 0.05) is 0 Å². The fourth-order valence-electron chi connectivity index (χ4n) is 4.43. The number of hydrogen-bond acceptors (Lipinski definition) is 4. The summed E-state index contributed by atoms with van der Waals surface area (Å²) in [7, 11) is 2.26. The molecule has 1 aromatic heterocycles. The first-order chi connectivity index (χ1) is 10.4. The molecule has 0 aromatic carbocycles. The van der Waals surface area contributed by atoms with Crippen LogP contribution in [0.1, 0.15) is 40.0 Å². The van der Waals surface area contributed by atoms with Gasteiger partial charge in [0.15, 0.2) is 0 Å². The Hall–Kier alpha value is -0.940. The normalized spacial score (nSPS) is 24.8. The van der Waals surface area contributed by atoms with E-state index in [1.807, 2.05) is 6.20 Å². The van der Waals surface area contributed by atoms with Crippen molar-refractivity contribution in [1.29, 1.82) is 0 Å². The summed E-state index contributed by atoms with van der Waals surface area (Å²) in [6.07, 6.45) is 6.16. The zero-order chi connectivity index (χ0) is 16.1. The molecular weight excluding hydrogens is 272 g/mol. The first-order valence-corrected chi connectivity index (χ1v) is 8.71. The predicted molar refractivity (Wildman–Crippen MR) is 95.0 cm³/mol. The number of likely N-dealkylation sites (N-methyl/N-ethyl adjacent to an activating group) is 1. The fraction of sp³-hybridized carbons (Fsp3) is 0.800. The van der Waals surface area contributed by atoms with E-state index >= 15 is 0 Å². The predicted octanol–water partition coefficient (Wildman–Crippen LogP) is 2.44. The third kappa shape index (κ3) is 2.13. The summed E-state index contributed by atoms with van der Waals surface area (Å²) in [5, 5.41) is 4.60. The van der Waals surface area contributed by atoms with Crippen molar-refractivity contribution < 1.29 is 0 Å². The lowest BCUT2D eigenvalue weighted by atomic mass is 9.56. The minimum absolute atomic E-state index is 0.00832. The summed E-state index contributed by atoms with van der Waals surface area (Å²) in [6.45, 7) is 13.6. The number of hydrogen-bond donors (Lipinski definition) is 0. The monoisotopic (exact) mass is 301 g/mol. The third-order valence-electron chi connectivity index (χ3n) is 5.69. The summed E-state index contributed by atoms with van der Waals surface area (Å²) in [4.78, 5) is 5.07. The maximum Gasteiger partial charge on any atom is 0.331 e. The van der Waals surface area contributed by atoms with Crippen LogP contribution < -0.4 is 4.81 Å². The third-order valence-corrected chi connectivity index (χ3v) is 5.69. The zero-order valence-electron chi connectivity index (χ0n) is 15.0. The van der Waals surface area contributed by atoms with Crippen molar-refractivity contribution in [2.24, 2.45) is 0 Å². The van der Waals surface area contributed by atoms with Crippen LogP contribution in [0.15, 0.2) is 12.3 Å².